The summed E-state index contributed by atoms with van der Waals surface area (Å²) in [6, 6.07) is 11.9. The lowest BCUT2D eigenvalue weighted by molar-refractivity contribution is -0.116. The predicted octanol–water partition coefficient (Wildman–Crippen LogP) is 4.20. The molecule has 0 fully saturated rings. The lowest BCUT2D eigenvalue weighted by Gasteiger charge is -2.22. The molecule has 1 N–H and O–H groups in total. The first-order valence-corrected chi connectivity index (χ1v) is 13.6. The van der Waals surface area contributed by atoms with Crippen LogP contribution in [-0.2, 0) is 22.2 Å². The van der Waals surface area contributed by atoms with Gasteiger partial charge in [-0.25, -0.2) is 12.9 Å². The minimum atomic E-state index is -1.14. The highest BCUT2D eigenvalue weighted by Gasteiger charge is 2.28. The Kier molecular flexibility index (Phi) is 6.82. The minimum absolute atomic E-state index is 0.00536. The van der Waals surface area contributed by atoms with Gasteiger partial charge in [-0.1, -0.05) is 18.2 Å². The van der Waals surface area contributed by atoms with Crippen molar-refractivity contribution in [1.29, 1.82) is 0 Å². The maximum absolute atomic E-state index is 13.1. The Hall–Kier alpha value is -2.43. The van der Waals surface area contributed by atoms with E-state index in [9.17, 15) is 9.00 Å². The summed E-state index contributed by atoms with van der Waals surface area (Å²) in [6.07, 6.45) is 4.32. The number of carbonyl (C=O) groups is 1. The molecule has 1 aliphatic rings. The Bertz CT molecular complexity index is 1180. The first-order chi connectivity index (χ1) is 15.4. The average Bonchev–Trinajstić information content (AvgIpc) is 3.40. The molecule has 0 aliphatic carbocycles. The van der Waals surface area contributed by atoms with Crippen molar-refractivity contribution in [1.82, 2.24) is 9.36 Å². The van der Waals surface area contributed by atoms with E-state index < -0.39 is 11.0 Å². The molecule has 3 aromatic rings. The fraction of sp³-hybridized carbons (Fsp3) is 0.318. The summed E-state index contributed by atoms with van der Waals surface area (Å²) in [5.41, 5.74) is 5.83. The van der Waals surface area contributed by atoms with Crippen molar-refractivity contribution in [3.05, 3.63) is 53.3 Å². The van der Waals surface area contributed by atoms with Gasteiger partial charge in [-0.2, -0.15) is 4.37 Å². The number of carbonyl (C=O) groups excluding carboxylic acids is 1. The number of fused-ring (bicyclic) bond motifs is 1. The largest absolute Gasteiger partial charge is 0.376 e. The summed E-state index contributed by atoms with van der Waals surface area (Å²) in [6.45, 7) is 4.70. The van der Waals surface area contributed by atoms with Crippen LogP contribution in [0.3, 0.4) is 0 Å². The molecular weight excluding hydrogens is 462 g/mol. The van der Waals surface area contributed by atoms with E-state index in [0.29, 0.717) is 6.54 Å². The van der Waals surface area contributed by atoms with Crippen LogP contribution >= 0.6 is 23.5 Å². The van der Waals surface area contributed by atoms with Gasteiger partial charge in [0.1, 0.15) is 21.8 Å². The summed E-state index contributed by atoms with van der Waals surface area (Å²) in [4.78, 5) is 19.4. The van der Waals surface area contributed by atoms with Gasteiger partial charge in [0, 0.05) is 41.6 Å². The molecule has 0 spiro atoms. The van der Waals surface area contributed by atoms with Gasteiger partial charge in [-0.3, -0.25) is 4.79 Å². The van der Waals surface area contributed by atoms with E-state index in [4.69, 9.17) is 0 Å². The van der Waals surface area contributed by atoms with Crippen molar-refractivity contribution < 1.29 is 9.00 Å². The summed E-state index contributed by atoms with van der Waals surface area (Å²) >= 11 is 2.80. The number of rotatable bonds is 7. The maximum atomic E-state index is 13.1. The topological polar surface area (TPSA) is 78.4 Å². The van der Waals surface area contributed by atoms with Gasteiger partial charge in [-0.15, -0.1) is 0 Å². The molecule has 1 amide bonds. The molecule has 0 saturated carbocycles. The summed E-state index contributed by atoms with van der Waals surface area (Å²) in [5.74, 6) is 0.764. The Labute approximate surface area is 199 Å². The average molecular weight is 488 g/mol. The minimum Gasteiger partial charge on any atom is -0.376 e. The SMILES string of the molecule is CSN(c1cccc2c1CCN2C(=O)CNc1cc(-c2nc(C)ns2)ccc1C)S(C)=O. The Morgan fingerprint density at radius 2 is 2.12 bits per heavy atom. The monoisotopic (exact) mass is 487 g/mol. The first kappa shape index (κ1) is 22.8. The smallest absolute Gasteiger partial charge is 0.246 e. The molecule has 7 nitrogen and oxygen atoms in total. The van der Waals surface area contributed by atoms with Crippen molar-refractivity contribution in [2.45, 2.75) is 20.3 Å². The molecule has 32 heavy (non-hydrogen) atoms. The van der Waals surface area contributed by atoms with Crippen LogP contribution in [0.15, 0.2) is 36.4 Å². The molecule has 2 aromatic carbocycles. The molecule has 2 heterocycles. The number of nitrogens with one attached hydrogen (secondary N) is 1. The molecule has 1 aromatic heterocycles. The molecule has 10 heteroatoms. The van der Waals surface area contributed by atoms with Crippen LogP contribution in [0.5, 0.6) is 0 Å². The molecule has 0 radical (unpaired) electrons. The molecule has 0 bridgehead atoms. The lowest BCUT2D eigenvalue weighted by atomic mass is 10.1. The number of aromatic nitrogens is 2. The van der Waals surface area contributed by atoms with Crippen LogP contribution < -0.4 is 13.9 Å². The number of nitrogens with zero attached hydrogens (tertiary/aromatic N) is 4. The van der Waals surface area contributed by atoms with E-state index in [1.54, 1.807) is 9.97 Å². The highest BCUT2D eigenvalue weighted by molar-refractivity contribution is 8.11. The van der Waals surface area contributed by atoms with Gasteiger partial charge in [0.25, 0.3) is 0 Å². The number of benzene rings is 2. The van der Waals surface area contributed by atoms with Crippen molar-refractivity contribution in [3.8, 4) is 10.6 Å². The fourth-order valence-electron chi connectivity index (χ4n) is 3.81. The summed E-state index contributed by atoms with van der Waals surface area (Å²) in [5, 5.41) is 4.17. The number of aryl methyl sites for hydroxylation is 2. The van der Waals surface area contributed by atoms with E-state index in [0.717, 1.165) is 51.0 Å². The standard InChI is InChI=1S/C22H25N5O2S3/c1-14-8-9-16(22-24-15(2)25-31-22)12-18(14)23-13-21(28)26-11-10-17-19(26)6-5-7-20(17)27(30-3)32(4)29/h5-9,12,23H,10-11,13H2,1-4H3. The Balaban J connectivity index is 1.51. The van der Waals surface area contributed by atoms with Gasteiger partial charge in [-0.05, 0) is 67.5 Å². The Morgan fingerprint density at radius 3 is 2.81 bits per heavy atom. The number of anilines is 3. The zero-order valence-corrected chi connectivity index (χ0v) is 20.9. The maximum Gasteiger partial charge on any atom is 0.246 e. The van der Waals surface area contributed by atoms with Crippen LogP contribution in [0.1, 0.15) is 17.0 Å². The third-order valence-corrected chi connectivity index (χ3v) is 8.47. The molecule has 4 rings (SSSR count). The van der Waals surface area contributed by atoms with Crippen LogP contribution in [0.25, 0.3) is 10.6 Å². The third kappa shape index (κ3) is 4.53. The van der Waals surface area contributed by atoms with Crippen LogP contribution in [-0.4, -0.2) is 45.1 Å². The van der Waals surface area contributed by atoms with Crippen LogP contribution in [0.4, 0.5) is 17.1 Å². The first-order valence-electron chi connectivity index (χ1n) is 10.1. The van der Waals surface area contributed by atoms with Gasteiger partial charge in [0.15, 0.2) is 0 Å². The molecule has 1 unspecified atom stereocenters. The molecule has 1 aliphatic heterocycles. The van der Waals surface area contributed by atoms with Crippen molar-refractivity contribution in [2.75, 3.05) is 39.5 Å². The van der Waals surface area contributed by atoms with Crippen molar-refractivity contribution in [2.24, 2.45) is 0 Å². The van der Waals surface area contributed by atoms with Gasteiger partial charge in [0.2, 0.25) is 5.91 Å². The number of hydrogen-bond acceptors (Lipinski definition) is 7. The van der Waals surface area contributed by atoms with E-state index in [1.165, 1.54) is 23.5 Å². The highest BCUT2D eigenvalue weighted by Crippen LogP contribution is 2.38. The zero-order chi connectivity index (χ0) is 22.8. The molecule has 0 saturated heterocycles. The molecular formula is C22H25N5O2S3. The van der Waals surface area contributed by atoms with Crippen LogP contribution in [0.2, 0.25) is 0 Å². The second-order valence-electron chi connectivity index (χ2n) is 7.46. The third-order valence-electron chi connectivity index (χ3n) is 5.34. The fourth-order valence-corrected chi connectivity index (χ4v) is 6.13. The van der Waals surface area contributed by atoms with Crippen LogP contribution in [0, 0.1) is 13.8 Å². The summed E-state index contributed by atoms with van der Waals surface area (Å²) in [7, 11) is -1.14. The van der Waals surface area contributed by atoms with E-state index in [1.807, 2.05) is 61.4 Å². The van der Waals surface area contributed by atoms with Gasteiger partial charge >= 0.3 is 0 Å². The van der Waals surface area contributed by atoms with E-state index >= 15 is 0 Å². The van der Waals surface area contributed by atoms with E-state index in [2.05, 4.69) is 14.7 Å². The van der Waals surface area contributed by atoms with E-state index in [-0.39, 0.29) is 12.5 Å². The normalized spacial score (nSPS) is 13.7. The second-order valence-corrected chi connectivity index (χ2v) is 10.4. The Morgan fingerprint density at radius 1 is 1.31 bits per heavy atom. The second kappa shape index (κ2) is 9.60. The zero-order valence-electron chi connectivity index (χ0n) is 18.4. The van der Waals surface area contributed by atoms with Gasteiger partial charge < -0.3 is 10.2 Å². The highest BCUT2D eigenvalue weighted by atomic mass is 32.2. The summed E-state index contributed by atoms with van der Waals surface area (Å²) < 4.78 is 18.2. The van der Waals surface area contributed by atoms with Crippen molar-refractivity contribution in [3.63, 3.8) is 0 Å². The predicted molar refractivity (Wildman–Crippen MR) is 136 cm³/mol. The number of amides is 1. The quantitative estimate of drug-likeness (QED) is 0.503. The van der Waals surface area contributed by atoms with Crippen molar-refractivity contribution >= 4 is 57.4 Å². The number of hydrogen-bond donors (Lipinski definition) is 1. The molecule has 168 valence electrons. The van der Waals surface area contributed by atoms with Gasteiger partial charge in [0.05, 0.1) is 12.2 Å². The lowest BCUT2D eigenvalue weighted by Crippen LogP contribution is -2.34. The molecule has 1 atom stereocenters.